The molecule has 4 nitrogen and oxygen atoms in total. The maximum atomic E-state index is 10.5. The number of aryl methyl sites for hydroxylation is 1. The summed E-state index contributed by atoms with van der Waals surface area (Å²) in [4.78, 5) is 0. The van der Waals surface area contributed by atoms with Gasteiger partial charge in [-0.1, -0.05) is 30.3 Å². The van der Waals surface area contributed by atoms with Gasteiger partial charge in [0, 0.05) is 23.0 Å². The van der Waals surface area contributed by atoms with Crippen LogP contribution in [-0.2, 0) is 0 Å². The van der Waals surface area contributed by atoms with Crippen molar-refractivity contribution >= 4 is 21.7 Å². The van der Waals surface area contributed by atoms with Crippen LogP contribution in [0.25, 0.3) is 27.4 Å². The van der Waals surface area contributed by atoms with E-state index in [1.807, 2.05) is 53.2 Å². The van der Waals surface area contributed by atoms with Crippen molar-refractivity contribution < 1.29 is 14.6 Å². The summed E-state index contributed by atoms with van der Waals surface area (Å²) in [7, 11) is 0. The van der Waals surface area contributed by atoms with E-state index in [4.69, 9.17) is 9.47 Å². The van der Waals surface area contributed by atoms with Crippen molar-refractivity contribution in [3.05, 3.63) is 60.3 Å². The summed E-state index contributed by atoms with van der Waals surface area (Å²) in [5.41, 5.74) is 2.89. The molecule has 0 amide bonds. The van der Waals surface area contributed by atoms with Gasteiger partial charge in [0.1, 0.15) is 5.75 Å². The van der Waals surface area contributed by atoms with E-state index in [2.05, 4.69) is 6.92 Å². The van der Waals surface area contributed by atoms with Crippen LogP contribution in [0, 0.1) is 6.92 Å². The van der Waals surface area contributed by atoms with Crippen molar-refractivity contribution in [1.82, 2.24) is 4.57 Å². The molecular formula is C20H15NO3. The molecule has 1 aromatic heterocycles. The number of hydrogen-bond acceptors (Lipinski definition) is 3. The number of hydrogen-bond donors (Lipinski definition) is 1. The van der Waals surface area contributed by atoms with Gasteiger partial charge in [-0.25, -0.2) is 0 Å². The van der Waals surface area contributed by atoms with E-state index < -0.39 is 0 Å². The Balaban J connectivity index is 1.89. The molecule has 118 valence electrons. The summed E-state index contributed by atoms with van der Waals surface area (Å²) < 4.78 is 13.0. The molecule has 1 aliphatic heterocycles. The van der Waals surface area contributed by atoms with Crippen molar-refractivity contribution in [2.75, 3.05) is 6.79 Å². The van der Waals surface area contributed by atoms with Crippen LogP contribution in [0.3, 0.4) is 0 Å². The molecule has 0 spiro atoms. The molecule has 24 heavy (non-hydrogen) atoms. The minimum atomic E-state index is 0.251. The quantitative estimate of drug-likeness (QED) is 0.561. The molecule has 0 radical (unpaired) electrons. The summed E-state index contributed by atoms with van der Waals surface area (Å²) in [6.45, 7) is 2.31. The highest BCUT2D eigenvalue weighted by Gasteiger charge is 2.19. The Morgan fingerprint density at radius 1 is 0.958 bits per heavy atom. The van der Waals surface area contributed by atoms with Crippen LogP contribution in [0.1, 0.15) is 5.56 Å². The van der Waals surface area contributed by atoms with Crippen LogP contribution in [0.4, 0.5) is 0 Å². The van der Waals surface area contributed by atoms with Crippen LogP contribution in [0.2, 0.25) is 0 Å². The number of aromatic hydroxyl groups is 1. The van der Waals surface area contributed by atoms with Crippen LogP contribution >= 0.6 is 0 Å². The molecule has 2 heterocycles. The second kappa shape index (κ2) is 4.68. The highest BCUT2D eigenvalue weighted by atomic mass is 16.7. The standard InChI is InChI=1S/C20H15NO3/c1-12-10-21(16-9-19-18(8-15(12)16)23-11-24-19)20-14-5-3-2-4-13(14)6-7-17(20)22/h2-10,22H,11H2,1H3. The normalized spacial score (nSPS) is 13.0. The fourth-order valence-corrected chi connectivity index (χ4v) is 3.46. The minimum Gasteiger partial charge on any atom is -0.506 e. The van der Waals surface area contributed by atoms with E-state index >= 15 is 0 Å². The molecule has 4 heteroatoms. The van der Waals surface area contributed by atoms with Gasteiger partial charge in [-0.05, 0) is 30.0 Å². The van der Waals surface area contributed by atoms with Gasteiger partial charge in [-0.15, -0.1) is 0 Å². The number of phenols is 1. The first-order valence-electron chi connectivity index (χ1n) is 7.85. The van der Waals surface area contributed by atoms with Crippen LogP contribution in [0.5, 0.6) is 17.2 Å². The van der Waals surface area contributed by atoms with Gasteiger partial charge >= 0.3 is 0 Å². The third kappa shape index (κ3) is 1.74. The smallest absolute Gasteiger partial charge is 0.231 e. The van der Waals surface area contributed by atoms with Crippen molar-refractivity contribution in [2.45, 2.75) is 6.92 Å². The Morgan fingerprint density at radius 3 is 2.62 bits per heavy atom. The van der Waals surface area contributed by atoms with Gasteiger partial charge in [0.15, 0.2) is 11.5 Å². The lowest BCUT2D eigenvalue weighted by molar-refractivity contribution is 0.174. The zero-order valence-electron chi connectivity index (χ0n) is 13.1. The molecule has 1 N–H and O–H groups in total. The fraction of sp³-hybridized carbons (Fsp3) is 0.100. The molecule has 0 atom stereocenters. The Bertz CT molecular complexity index is 1110. The maximum Gasteiger partial charge on any atom is 0.231 e. The molecule has 4 aromatic rings. The molecule has 0 aliphatic carbocycles. The number of aromatic nitrogens is 1. The average Bonchev–Trinajstić information content (AvgIpc) is 3.17. The third-order valence-electron chi connectivity index (χ3n) is 4.62. The zero-order valence-corrected chi connectivity index (χ0v) is 13.1. The molecule has 0 saturated heterocycles. The number of rotatable bonds is 1. The van der Waals surface area contributed by atoms with Crippen molar-refractivity contribution in [3.8, 4) is 22.9 Å². The van der Waals surface area contributed by atoms with E-state index in [9.17, 15) is 5.11 Å². The summed E-state index contributed by atoms with van der Waals surface area (Å²) in [5.74, 6) is 1.76. The zero-order chi connectivity index (χ0) is 16.3. The van der Waals surface area contributed by atoms with Gasteiger partial charge in [0.05, 0.1) is 11.2 Å². The first-order valence-corrected chi connectivity index (χ1v) is 7.85. The number of phenolic OH excluding ortho intramolecular Hbond substituents is 1. The fourth-order valence-electron chi connectivity index (χ4n) is 3.46. The summed E-state index contributed by atoms with van der Waals surface area (Å²) in [5, 5.41) is 13.7. The van der Waals surface area contributed by atoms with Crippen LogP contribution in [0.15, 0.2) is 54.7 Å². The monoisotopic (exact) mass is 317 g/mol. The summed E-state index contributed by atoms with van der Waals surface area (Å²) in [6.07, 6.45) is 2.04. The topological polar surface area (TPSA) is 43.6 Å². The highest BCUT2D eigenvalue weighted by Crippen LogP contribution is 2.40. The number of fused-ring (bicyclic) bond motifs is 3. The van der Waals surface area contributed by atoms with E-state index in [0.29, 0.717) is 0 Å². The predicted octanol–water partition coefficient (Wildman–Crippen LogP) is 4.53. The molecule has 5 rings (SSSR count). The second-order valence-electron chi connectivity index (χ2n) is 6.06. The first-order chi connectivity index (χ1) is 11.7. The number of benzene rings is 3. The Hall–Kier alpha value is -3.14. The van der Waals surface area contributed by atoms with Crippen molar-refractivity contribution in [1.29, 1.82) is 0 Å². The average molecular weight is 317 g/mol. The number of nitrogens with zero attached hydrogens (tertiary/aromatic N) is 1. The lowest BCUT2D eigenvalue weighted by atomic mass is 10.1. The number of ether oxygens (including phenoxy) is 2. The van der Waals surface area contributed by atoms with Gasteiger partial charge in [-0.3, -0.25) is 0 Å². The molecule has 3 aromatic carbocycles. The van der Waals surface area contributed by atoms with E-state index in [-0.39, 0.29) is 12.5 Å². The molecule has 0 fully saturated rings. The molecule has 0 bridgehead atoms. The summed E-state index contributed by atoms with van der Waals surface area (Å²) >= 11 is 0. The second-order valence-corrected chi connectivity index (χ2v) is 6.06. The van der Waals surface area contributed by atoms with Gasteiger partial charge in [0.25, 0.3) is 0 Å². The predicted molar refractivity (Wildman–Crippen MR) is 93.3 cm³/mol. The van der Waals surface area contributed by atoms with Crippen LogP contribution < -0.4 is 9.47 Å². The first kappa shape index (κ1) is 13.3. The third-order valence-corrected chi connectivity index (χ3v) is 4.62. The lowest BCUT2D eigenvalue weighted by Gasteiger charge is -2.12. The SMILES string of the molecule is Cc1cn(-c2c(O)ccc3ccccc23)c2cc3c(cc12)OCO3. The molecule has 1 aliphatic rings. The largest absolute Gasteiger partial charge is 0.506 e. The van der Waals surface area contributed by atoms with E-state index in [0.717, 1.165) is 44.4 Å². The molecule has 0 unspecified atom stereocenters. The van der Waals surface area contributed by atoms with Gasteiger partial charge in [0.2, 0.25) is 6.79 Å². The van der Waals surface area contributed by atoms with E-state index in [1.54, 1.807) is 6.07 Å². The maximum absolute atomic E-state index is 10.5. The van der Waals surface area contributed by atoms with Crippen molar-refractivity contribution in [2.24, 2.45) is 0 Å². The summed E-state index contributed by atoms with van der Waals surface area (Å²) in [6, 6.07) is 15.7. The minimum absolute atomic E-state index is 0.251. The van der Waals surface area contributed by atoms with E-state index in [1.165, 1.54) is 0 Å². The molecule has 0 saturated carbocycles. The van der Waals surface area contributed by atoms with Gasteiger partial charge < -0.3 is 19.1 Å². The Kier molecular flexibility index (Phi) is 2.59. The Labute approximate surface area is 138 Å². The van der Waals surface area contributed by atoms with Gasteiger partial charge in [-0.2, -0.15) is 0 Å². The molecular weight excluding hydrogens is 302 g/mol. The lowest BCUT2D eigenvalue weighted by Crippen LogP contribution is -1.95. The Morgan fingerprint density at radius 2 is 1.75 bits per heavy atom. The highest BCUT2D eigenvalue weighted by molar-refractivity contribution is 5.97. The van der Waals surface area contributed by atoms with Crippen molar-refractivity contribution in [3.63, 3.8) is 0 Å². The van der Waals surface area contributed by atoms with Crippen LogP contribution in [-0.4, -0.2) is 16.5 Å².